The summed E-state index contributed by atoms with van der Waals surface area (Å²) < 4.78 is 52.2. The molecule has 0 amide bonds. The van der Waals surface area contributed by atoms with Gasteiger partial charge in [-0.2, -0.15) is 13.2 Å². The van der Waals surface area contributed by atoms with Crippen molar-refractivity contribution < 1.29 is 27.2 Å². The Kier molecular flexibility index (Phi) is 4.10. The smallest absolute Gasteiger partial charge is 0.428 e. The largest absolute Gasteiger partial charge is 0.494 e. The van der Waals surface area contributed by atoms with Crippen LogP contribution < -0.4 is 10.2 Å². The van der Waals surface area contributed by atoms with Gasteiger partial charge in [0, 0.05) is 0 Å². The summed E-state index contributed by atoms with van der Waals surface area (Å²) in [7, 11) is -0.535. The van der Waals surface area contributed by atoms with Gasteiger partial charge < -0.3 is 14.0 Å². The fraction of sp³-hybridized carbons (Fsp3) is 0.385. The van der Waals surface area contributed by atoms with Gasteiger partial charge in [-0.05, 0) is 38.4 Å². The Morgan fingerprint density at radius 2 is 1.80 bits per heavy atom. The first-order valence-corrected chi connectivity index (χ1v) is 6.11. The van der Waals surface area contributed by atoms with Crippen LogP contribution in [0.2, 0.25) is 0 Å². The van der Waals surface area contributed by atoms with Crippen molar-refractivity contribution in [3.63, 3.8) is 0 Å². The first-order valence-electron chi connectivity index (χ1n) is 6.11. The molecule has 1 aliphatic heterocycles. The molecule has 0 radical (unpaired) electrons. The lowest BCUT2D eigenvalue weighted by molar-refractivity contribution is 0.0842. The molecule has 20 heavy (non-hydrogen) atoms. The summed E-state index contributed by atoms with van der Waals surface area (Å²) in [6, 6.07) is 4.01. The highest BCUT2D eigenvalue weighted by molar-refractivity contribution is 6.62. The van der Waals surface area contributed by atoms with Gasteiger partial charge in [-0.15, -0.1) is 0 Å². The molecule has 1 fully saturated rings. The second-order valence-electron chi connectivity index (χ2n) is 5.04. The average molecular weight is 286 g/mol. The van der Waals surface area contributed by atoms with E-state index in [2.05, 4.69) is 4.74 Å². The van der Waals surface area contributed by atoms with Crippen molar-refractivity contribution in [2.75, 3.05) is 0 Å². The van der Waals surface area contributed by atoms with Crippen LogP contribution in [0, 0.1) is 0 Å². The highest BCUT2D eigenvalue weighted by atomic mass is 19.3. The molecule has 0 aromatic heterocycles. The summed E-state index contributed by atoms with van der Waals surface area (Å²) in [5, 5.41) is 0. The minimum atomic E-state index is -2.49. The zero-order valence-corrected chi connectivity index (χ0v) is 11.3. The van der Waals surface area contributed by atoms with Gasteiger partial charge in [0.05, 0.1) is 11.7 Å². The Bertz CT molecular complexity index is 512. The Morgan fingerprint density at radius 1 is 1.20 bits per heavy atom. The fourth-order valence-electron chi connectivity index (χ4n) is 1.73. The minimum absolute atomic E-state index is 0.0237. The Labute approximate surface area is 115 Å². The van der Waals surface area contributed by atoms with Crippen LogP contribution in [0.1, 0.15) is 20.8 Å². The van der Waals surface area contributed by atoms with E-state index in [9.17, 15) is 13.2 Å². The van der Waals surface area contributed by atoms with Gasteiger partial charge in [0.25, 0.3) is 0 Å². The van der Waals surface area contributed by atoms with E-state index >= 15 is 0 Å². The average Bonchev–Trinajstić information content (AvgIpc) is 2.64. The second kappa shape index (κ2) is 5.50. The molecule has 0 spiro atoms. The third-order valence-corrected chi connectivity index (χ3v) is 3.23. The van der Waals surface area contributed by atoms with Crippen LogP contribution >= 0.6 is 0 Å². The second-order valence-corrected chi connectivity index (χ2v) is 5.04. The molecule has 1 aromatic carbocycles. The van der Waals surface area contributed by atoms with Gasteiger partial charge in [0.15, 0.2) is 0 Å². The monoisotopic (exact) mass is 286 g/mol. The number of halogens is 3. The molecule has 1 heterocycles. The highest BCUT2D eigenvalue weighted by Crippen LogP contribution is 2.27. The van der Waals surface area contributed by atoms with Gasteiger partial charge >= 0.3 is 19.2 Å². The molecule has 1 atom stereocenters. The number of rotatable bonds is 3. The van der Waals surface area contributed by atoms with E-state index in [1.165, 1.54) is 12.1 Å². The van der Waals surface area contributed by atoms with Crippen molar-refractivity contribution in [2.45, 2.75) is 32.5 Å². The van der Waals surface area contributed by atoms with E-state index in [4.69, 9.17) is 9.31 Å². The molecule has 0 saturated carbocycles. The van der Waals surface area contributed by atoms with E-state index in [0.717, 1.165) is 0 Å². The molecule has 0 aliphatic carbocycles. The van der Waals surface area contributed by atoms with Crippen LogP contribution in [-0.2, 0) is 9.31 Å². The number of hydrogen-bond donors (Lipinski definition) is 0. The van der Waals surface area contributed by atoms with Gasteiger partial charge in [-0.3, -0.25) is 0 Å². The Morgan fingerprint density at radius 3 is 2.25 bits per heavy atom. The lowest BCUT2D eigenvalue weighted by Gasteiger charge is -2.21. The molecule has 0 N–H and O–H groups in total. The maximum atomic E-state index is 12.6. The third kappa shape index (κ3) is 3.16. The molecular formula is C13H14BF3O3. The predicted octanol–water partition coefficient (Wildman–Crippen LogP) is 3.01. The van der Waals surface area contributed by atoms with Crippen molar-refractivity contribution in [3.05, 3.63) is 36.4 Å². The maximum absolute atomic E-state index is 12.6. The normalized spacial score (nSPS) is 20.9. The highest BCUT2D eigenvalue weighted by Gasteiger charge is 2.43. The molecular weight excluding hydrogens is 272 g/mol. The summed E-state index contributed by atoms with van der Waals surface area (Å²) in [5.74, 6) is -0.0237. The van der Waals surface area contributed by atoms with Crippen LogP contribution in [0.15, 0.2) is 36.4 Å². The zero-order valence-electron chi connectivity index (χ0n) is 11.3. The topological polar surface area (TPSA) is 27.7 Å². The molecule has 3 nitrogen and oxygen atoms in total. The fourth-order valence-corrected chi connectivity index (χ4v) is 1.73. The predicted molar refractivity (Wildman–Crippen MR) is 68.5 cm³/mol. The third-order valence-electron chi connectivity index (χ3n) is 3.23. The minimum Gasteiger partial charge on any atom is -0.428 e. The Balaban J connectivity index is 2.08. The van der Waals surface area contributed by atoms with Crippen LogP contribution in [0.3, 0.4) is 0 Å². The first kappa shape index (κ1) is 14.9. The van der Waals surface area contributed by atoms with E-state index in [1.54, 1.807) is 12.1 Å². The van der Waals surface area contributed by atoms with Gasteiger partial charge in [0.2, 0.25) is 0 Å². The molecule has 108 valence electrons. The van der Waals surface area contributed by atoms with Gasteiger partial charge in [0.1, 0.15) is 5.75 Å². The standard InChI is InChI=1S/C13H14BF3O3/c1-8-13(2,3)20-14(19-8)9-4-6-10(7-5-9)18-12(17)11(15)16/h4-8H,1-3H3. The first-order chi connectivity index (χ1) is 9.29. The van der Waals surface area contributed by atoms with Crippen LogP contribution in [0.25, 0.3) is 0 Å². The van der Waals surface area contributed by atoms with Crippen molar-refractivity contribution in [3.8, 4) is 5.75 Å². The SMILES string of the molecule is CC1OB(c2ccc(OC(F)=C(F)F)cc2)OC1(C)C. The van der Waals surface area contributed by atoms with E-state index < -0.39 is 24.8 Å². The number of benzene rings is 1. The van der Waals surface area contributed by atoms with Crippen LogP contribution in [0.5, 0.6) is 5.75 Å². The number of hydrogen-bond acceptors (Lipinski definition) is 3. The van der Waals surface area contributed by atoms with E-state index in [1.807, 2.05) is 20.8 Å². The lowest BCUT2D eigenvalue weighted by atomic mass is 9.79. The zero-order chi connectivity index (χ0) is 14.9. The van der Waals surface area contributed by atoms with Gasteiger partial charge in [-0.1, -0.05) is 12.1 Å². The summed E-state index contributed by atoms with van der Waals surface area (Å²) >= 11 is 0. The molecule has 1 unspecified atom stereocenters. The molecule has 1 aliphatic rings. The molecule has 0 bridgehead atoms. The maximum Gasteiger partial charge on any atom is 0.494 e. The molecule has 7 heteroatoms. The summed E-state index contributed by atoms with van der Waals surface area (Å²) in [4.78, 5) is 0. The van der Waals surface area contributed by atoms with Crippen molar-refractivity contribution in [1.82, 2.24) is 0 Å². The summed E-state index contributed by atoms with van der Waals surface area (Å²) in [6.07, 6.45) is -2.57. The number of ether oxygens (including phenoxy) is 1. The summed E-state index contributed by atoms with van der Waals surface area (Å²) in [6.45, 7) is 5.74. The van der Waals surface area contributed by atoms with Crippen molar-refractivity contribution in [1.29, 1.82) is 0 Å². The van der Waals surface area contributed by atoms with E-state index in [0.29, 0.717) is 5.46 Å². The van der Waals surface area contributed by atoms with Gasteiger partial charge in [-0.25, -0.2) is 0 Å². The van der Waals surface area contributed by atoms with Crippen molar-refractivity contribution in [2.24, 2.45) is 0 Å². The lowest BCUT2D eigenvalue weighted by Crippen LogP contribution is -2.34. The van der Waals surface area contributed by atoms with E-state index in [-0.39, 0.29) is 11.9 Å². The summed E-state index contributed by atoms with van der Waals surface area (Å²) in [5.41, 5.74) is 0.298. The van der Waals surface area contributed by atoms with Crippen LogP contribution in [0.4, 0.5) is 13.2 Å². The Hall–Kier alpha value is -1.47. The molecule has 1 aromatic rings. The van der Waals surface area contributed by atoms with Crippen molar-refractivity contribution >= 4 is 12.6 Å². The quantitative estimate of drug-likeness (QED) is 0.631. The molecule has 2 rings (SSSR count). The van der Waals surface area contributed by atoms with Crippen LogP contribution in [-0.4, -0.2) is 18.8 Å². The molecule has 1 saturated heterocycles.